The van der Waals surface area contributed by atoms with Crippen molar-refractivity contribution in [1.82, 2.24) is 25.0 Å². The summed E-state index contributed by atoms with van der Waals surface area (Å²) in [7, 11) is 0. The first-order chi connectivity index (χ1) is 9.81. The first-order valence-electron chi connectivity index (χ1n) is 6.45. The lowest BCUT2D eigenvalue weighted by Gasteiger charge is -2.07. The molecule has 2 heterocycles. The van der Waals surface area contributed by atoms with Gasteiger partial charge in [-0.05, 0) is 24.6 Å². The van der Waals surface area contributed by atoms with Crippen molar-refractivity contribution in [3.05, 3.63) is 59.9 Å². The Balaban J connectivity index is 1.60. The third-order valence-corrected chi connectivity index (χ3v) is 3.18. The molecule has 102 valence electrons. The van der Waals surface area contributed by atoms with E-state index in [1.54, 1.807) is 17.3 Å². The quantitative estimate of drug-likeness (QED) is 0.742. The fraction of sp³-hybridized carbons (Fsp3) is 0.214. The zero-order valence-electron chi connectivity index (χ0n) is 11.2. The Kier molecular flexibility index (Phi) is 3.45. The fourth-order valence-electron chi connectivity index (χ4n) is 1.98. The average Bonchev–Trinajstić information content (AvgIpc) is 3.10. The Bertz CT molecular complexity index is 653. The molecule has 1 aromatic carbocycles. The van der Waals surface area contributed by atoms with Crippen molar-refractivity contribution >= 4 is 5.69 Å². The van der Waals surface area contributed by atoms with Gasteiger partial charge in [0.2, 0.25) is 0 Å². The topological polar surface area (TPSA) is 71.4 Å². The molecule has 2 N–H and O–H groups in total. The molecule has 0 unspecified atom stereocenters. The standard InChI is InChI=1S/C14H16N6/c1-11-13(7-17-19-11)6-16-14-4-2-12(3-5-14)8-20-10-15-9-18-20/h2-5,7,9-10,16H,6,8H2,1H3,(H,17,19). The Morgan fingerprint density at radius 3 is 2.75 bits per heavy atom. The Labute approximate surface area is 116 Å². The molecule has 0 saturated carbocycles. The maximum atomic E-state index is 4.09. The summed E-state index contributed by atoms with van der Waals surface area (Å²) in [6, 6.07) is 8.32. The second-order valence-corrected chi connectivity index (χ2v) is 4.66. The molecule has 3 aromatic rings. The van der Waals surface area contributed by atoms with Gasteiger partial charge in [-0.1, -0.05) is 12.1 Å². The van der Waals surface area contributed by atoms with Crippen molar-refractivity contribution in [3.63, 3.8) is 0 Å². The summed E-state index contributed by atoms with van der Waals surface area (Å²) < 4.78 is 1.80. The number of hydrogen-bond donors (Lipinski definition) is 2. The predicted octanol–water partition coefficient (Wildman–Crippen LogP) is 1.97. The molecular weight excluding hydrogens is 252 g/mol. The zero-order valence-corrected chi connectivity index (χ0v) is 11.2. The molecule has 0 radical (unpaired) electrons. The van der Waals surface area contributed by atoms with Gasteiger partial charge in [0.1, 0.15) is 12.7 Å². The fourth-order valence-corrected chi connectivity index (χ4v) is 1.98. The van der Waals surface area contributed by atoms with Crippen LogP contribution in [0, 0.1) is 6.92 Å². The van der Waals surface area contributed by atoms with Crippen molar-refractivity contribution in [2.45, 2.75) is 20.0 Å². The minimum absolute atomic E-state index is 0.737. The Hall–Kier alpha value is -2.63. The SMILES string of the molecule is Cc1[nH]ncc1CNc1ccc(Cn2cncn2)cc1. The van der Waals surface area contributed by atoms with E-state index in [1.165, 1.54) is 11.1 Å². The number of hydrogen-bond acceptors (Lipinski definition) is 4. The minimum atomic E-state index is 0.737. The van der Waals surface area contributed by atoms with E-state index in [0.717, 1.165) is 24.5 Å². The molecule has 6 nitrogen and oxygen atoms in total. The van der Waals surface area contributed by atoms with E-state index >= 15 is 0 Å². The summed E-state index contributed by atoms with van der Waals surface area (Å²) in [4.78, 5) is 3.93. The molecule has 0 bridgehead atoms. The minimum Gasteiger partial charge on any atom is -0.381 e. The number of H-pyrrole nitrogens is 1. The van der Waals surface area contributed by atoms with Gasteiger partial charge in [-0.25, -0.2) is 9.67 Å². The molecule has 6 heteroatoms. The van der Waals surface area contributed by atoms with Crippen LogP contribution in [0.1, 0.15) is 16.8 Å². The Morgan fingerprint density at radius 2 is 2.10 bits per heavy atom. The molecular formula is C14H16N6. The second-order valence-electron chi connectivity index (χ2n) is 4.66. The maximum Gasteiger partial charge on any atom is 0.137 e. The van der Waals surface area contributed by atoms with Crippen molar-refractivity contribution in [3.8, 4) is 0 Å². The van der Waals surface area contributed by atoms with E-state index in [4.69, 9.17) is 0 Å². The van der Waals surface area contributed by atoms with E-state index in [-0.39, 0.29) is 0 Å². The Morgan fingerprint density at radius 1 is 1.25 bits per heavy atom. The van der Waals surface area contributed by atoms with Gasteiger partial charge >= 0.3 is 0 Å². The summed E-state index contributed by atoms with van der Waals surface area (Å²) >= 11 is 0. The summed E-state index contributed by atoms with van der Waals surface area (Å²) in [5.41, 5.74) is 4.56. The van der Waals surface area contributed by atoms with Gasteiger partial charge in [0.25, 0.3) is 0 Å². The lowest BCUT2D eigenvalue weighted by molar-refractivity contribution is 0.685. The highest BCUT2D eigenvalue weighted by Crippen LogP contribution is 2.12. The first kappa shape index (κ1) is 12.4. The van der Waals surface area contributed by atoms with Crippen LogP contribution in [0.2, 0.25) is 0 Å². The number of aromatic nitrogens is 5. The van der Waals surface area contributed by atoms with Gasteiger partial charge < -0.3 is 5.32 Å². The number of nitrogens with one attached hydrogen (secondary N) is 2. The second kappa shape index (κ2) is 5.56. The summed E-state index contributed by atoms with van der Waals surface area (Å²) in [6.45, 7) is 3.52. The number of aromatic amines is 1. The number of nitrogens with zero attached hydrogens (tertiary/aromatic N) is 4. The smallest absolute Gasteiger partial charge is 0.137 e. The van der Waals surface area contributed by atoms with E-state index in [0.29, 0.717) is 0 Å². The van der Waals surface area contributed by atoms with Crippen molar-refractivity contribution in [1.29, 1.82) is 0 Å². The van der Waals surface area contributed by atoms with E-state index in [2.05, 4.69) is 49.9 Å². The number of anilines is 1. The summed E-state index contributed by atoms with van der Waals surface area (Å²) in [5, 5.41) is 14.4. The third-order valence-electron chi connectivity index (χ3n) is 3.18. The largest absolute Gasteiger partial charge is 0.381 e. The van der Waals surface area contributed by atoms with Gasteiger partial charge in [-0.3, -0.25) is 5.10 Å². The van der Waals surface area contributed by atoms with Crippen LogP contribution in [-0.4, -0.2) is 25.0 Å². The number of rotatable bonds is 5. The highest BCUT2D eigenvalue weighted by Gasteiger charge is 2.00. The van der Waals surface area contributed by atoms with Crippen LogP contribution in [0.5, 0.6) is 0 Å². The molecule has 0 aliphatic rings. The highest BCUT2D eigenvalue weighted by atomic mass is 15.3. The zero-order chi connectivity index (χ0) is 13.8. The molecule has 0 atom stereocenters. The van der Waals surface area contributed by atoms with Crippen LogP contribution in [0.3, 0.4) is 0 Å². The number of aryl methyl sites for hydroxylation is 1. The lowest BCUT2D eigenvalue weighted by Crippen LogP contribution is -2.02. The third kappa shape index (κ3) is 2.85. The molecule has 0 aliphatic carbocycles. The molecule has 0 amide bonds. The monoisotopic (exact) mass is 268 g/mol. The van der Waals surface area contributed by atoms with E-state index in [9.17, 15) is 0 Å². The molecule has 0 saturated heterocycles. The van der Waals surface area contributed by atoms with Gasteiger partial charge in [-0.2, -0.15) is 10.2 Å². The van der Waals surface area contributed by atoms with Gasteiger partial charge in [0.05, 0.1) is 12.7 Å². The normalized spacial score (nSPS) is 10.7. The average molecular weight is 268 g/mol. The van der Waals surface area contributed by atoms with E-state index in [1.807, 2.05) is 13.1 Å². The van der Waals surface area contributed by atoms with Gasteiger partial charge in [0.15, 0.2) is 0 Å². The van der Waals surface area contributed by atoms with Crippen LogP contribution in [-0.2, 0) is 13.1 Å². The van der Waals surface area contributed by atoms with Gasteiger partial charge in [0, 0.05) is 23.5 Å². The van der Waals surface area contributed by atoms with Crippen LogP contribution in [0.4, 0.5) is 5.69 Å². The van der Waals surface area contributed by atoms with Gasteiger partial charge in [-0.15, -0.1) is 0 Å². The van der Waals surface area contributed by atoms with E-state index < -0.39 is 0 Å². The first-order valence-corrected chi connectivity index (χ1v) is 6.45. The molecule has 0 aliphatic heterocycles. The number of benzene rings is 1. The summed E-state index contributed by atoms with van der Waals surface area (Å²) in [6.07, 6.45) is 5.11. The molecule has 0 fully saturated rings. The van der Waals surface area contributed by atoms with Crippen LogP contribution >= 0.6 is 0 Å². The molecule has 0 spiro atoms. The molecule has 3 rings (SSSR count). The highest BCUT2D eigenvalue weighted by molar-refractivity contribution is 5.45. The molecule has 2 aromatic heterocycles. The van der Waals surface area contributed by atoms with Crippen molar-refractivity contribution in [2.75, 3.05) is 5.32 Å². The summed E-state index contributed by atoms with van der Waals surface area (Å²) in [5.74, 6) is 0. The lowest BCUT2D eigenvalue weighted by atomic mass is 10.2. The van der Waals surface area contributed by atoms with Crippen molar-refractivity contribution in [2.24, 2.45) is 0 Å². The van der Waals surface area contributed by atoms with Crippen LogP contribution in [0.15, 0.2) is 43.1 Å². The maximum absolute atomic E-state index is 4.09. The van der Waals surface area contributed by atoms with Crippen molar-refractivity contribution < 1.29 is 0 Å². The van der Waals surface area contributed by atoms with Crippen LogP contribution < -0.4 is 5.32 Å². The molecule has 20 heavy (non-hydrogen) atoms. The predicted molar refractivity (Wildman–Crippen MR) is 76.2 cm³/mol. The van der Waals surface area contributed by atoms with Crippen LogP contribution in [0.25, 0.3) is 0 Å².